The molecule has 1 aliphatic rings. The summed E-state index contributed by atoms with van der Waals surface area (Å²) in [5.41, 5.74) is 9.49. The van der Waals surface area contributed by atoms with Crippen LogP contribution in [0.25, 0.3) is 22.3 Å². The number of carbonyl (C=O) groups excluding carboxylic acids is 1. The second-order valence-corrected chi connectivity index (χ2v) is 8.48. The van der Waals surface area contributed by atoms with E-state index in [-0.39, 0.29) is 18.2 Å². The van der Waals surface area contributed by atoms with Crippen molar-refractivity contribution < 1.29 is 13.9 Å². The third-order valence-electron chi connectivity index (χ3n) is 6.19. The summed E-state index contributed by atoms with van der Waals surface area (Å²) in [5.74, 6) is -0.253. The maximum Gasteiger partial charge on any atom is 0.255 e. The Morgan fingerprint density at radius 3 is 2.97 bits per heavy atom. The molecule has 3 heterocycles. The molecule has 2 aromatic heterocycles. The molecule has 1 saturated heterocycles. The second kappa shape index (κ2) is 9.67. The zero-order valence-corrected chi connectivity index (χ0v) is 19.3. The minimum absolute atomic E-state index is 0.138. The average Bonchev–Trinajstić information content (AvgIpc) is 3.29. The smallest absolute Gasteiger partial charge is 0.255 e. The molecule has 1 fully saturated rings. The number of nitrogens with zero attached hydrogens (tertiary/aromatic N) is 4. The molecule has 4 N–H and O–H groups in total. The lowest BCUT2D eigenvalue weighted by molar-refractivity contribution is 0.0947. The monoisotopic (exact) mass is 475 g/mol. The average molecular weight is 476 g/mol. The number of halogens is 1. The predicted octanol–water partition coefficient (Wildman–Crippen LogP) is 3.08. The van der Waals surface area contributed by atoms with E-state index in [1.165, 1.54) is 25.6 Å². The fraction of sp³-hybridized carbons (Fsp3) is 0.280. The van der Waals surface area contributed by atoms with E-state index in [0.717, 1.165) is 43.1 Å². The van der Waals surface area contributed by atoms with Crippen LogP contribution in [0.4, 0.5) is 10.2 Å². The Bertz CT molecular complexity index is 1380. The second-order valence-electron chi connectivity index (χ2n) is 8.48. The summed E-state index contributed by atoms with van der Waals surface area (Å²) in [4.78, 5) is 21.4. The van der Waals surface area contributed by atoms with Crippen LogP contribution in [0.5, 0.6) is 5.75 Å². The van der Waals surface area contributed by atoms with Gasteiger partial charge in [-0.05, 0) is 49.2 Å². The molecule has 180 valence electrons. The first kappa shape index (κ1) is 22.7. The lowest BCUT2D eigenvalue weighted by Gasteiger charge is -2.23. The Morgan fingerprint density at radius 1 is 1.29 bits per heavy atom. The molecule has 4 aromatic rings. The number of hydrogen-bond donors (Lipinski definition) is 3. The van der Waals surface area contributed by atoms with E-state index < -0.39 is 11.7 Å². The van der Waals surface area contributed by atoms with Gasteiger partial charge in [-0.2, -0.15) is 5.10 Å². The number of piperidine rings is 1. The van der Waals surface area contributed by atoms with E-state index in [1.807, 2.05) is 28.9 Å². The van der Waals surface area contributed by atoms with Crippen LogP contribution in [0.3, 0.4) is 0 Å². The number of nitrogens with two attached hydrogens (primary N) is 1. The van der Waals surface area contributed by atoms with E-state index in [1.54, 1.807) is 0 Å². The van der Waals surface area contributed by atoms with Gasteiger partial charge in [0.1, 0.15) is 29.4 Å². The number of benzene rings is 2. The molecule has 9 nitrogen and oxygen atoms in total. The number of aromatic nitrogens is 4. The normalized spacial score (nSPS) is 15.8. The number of anilines is 1. The van der Waals surface area contributed by atoms with Gasteiger partial charge in [-0.15, -0.1) is 0 Å². The molecule has 5 rings (SSSR count). The molecule has 1 aliphatic heterocycles. The van der Waals surface area contributed by atoms with E-state index in [4.69, 9.17) is 15.6 Å². The van der Waals surface area contributed by atoms with Gasteiger partial charge in [-0.1, -0.05) is 18.2 Å². The summed E-state index contributed by atoms with van der Waals surface area (Å²) in [6.07, 6.45) is 3.53. The van der Waals surface area contributed by atoms with Crippen LogP contribution in [-0.4, -0.2) is 45.9 Å². The molecule has 0 bridgehead atoms. The van der Waals surface area contributed by atoms with E-state index >= 15 is 0 Å². The molecule has 0 aliphatic carbocycles. The van der Waals surface area contributed by atoms with Crippen molar-refractivity contribution in [3.05, 3.63) is 65.7 Å². The molecule has 10 heteroatoms. The summed E-state index contributed by atoms with van der Waals surface area (Å²) >= 11 is 0. The summed E-state index contributed by atoms with van der Waals surface area (Å²) in [6, 6.07) is 11.7. The van der Waals surface area contributed by atoms with E-state index in [0.29, 0.717) is 28.3 Å². The number of carbonyl (C=O) groups is 1. The molecule has 1 atom stereocenters. The number of nitrogen functional groups attached to an aromatic ring is 1. The number of fused-ring (bicyclic) bond motifs is 1. The molecule has 0 unspecified atom stereocenters. The van der Waals surface area contributed by atoms with Crippen LogP contribution in [0.2, 0.25) is 0 Å². The van der Waals surface area contributed by atoms with Gasteiger partial charge in [0.05, 0.1) is 24.1 Å². The van der Waals surface area contributed by atoms with Crippen LogP contribution in [0.15, 0.2) is 48.8 Å². The predicted molar refractivity (Wildman–Crippen MR) is 130 cm³/mol. The Labute approximate surface area is 201 Å². The van der Waals surface area contributed by atoms with Crippen molar-refractivity contribution in [3.8, 4) is 17.0 Å². The van der Waals surface area contributed by atoms with Crippen molar-refractivity contribution in [2.75, 3.05) is 25.9 Å². The fourth-order valence-electron chi connectivity index (χ4n) is 4.46. The Hall–Kier alpha value is -4.05. The molecule has 0 radical (unpaired) electrons. The van der Waals surface area contributed by atoms with Crippen LogP contribution < -0.4 is 21.1 Å². The van der Waals surface area contributed by atoms with Crippen LogP contribution in [0.1, 0.15) is 34.8 Å². The molecule has 0 spiro atoms. The topological polar surface area (TPSA) is 120 Å². The maximum atomic E-state index is 13.7. The first-order valence-electron chi connectivity index (χ1n) is 11.5. The van der Waals surface area contributed by atoms with Crippen molar-refractivity contribution >= 4 is 22.8 Å². The van der Waals surface area contributed by atoms with Gasteiger partial charge in [0.15, 0.2) is 5.65 Å². The molecule has 1 amide bonds. The Morgan fingerprint density at radius 2 is 2.17 bits per heavy atom. The van der Waals surface area contributed by atoms with Gasteiger partial charge in [0.2, 0.25) is 0 Å². The summed E-state index contributed by atoms with van der Waals surface area (Å²) < 4.78 is 20.8. The number of amides is 1. The zero-order chi connectivity index (χ0) is 24.4. The Balaban J connectivity index is 1.44. The van der Waals surface area contributed by atoms with Crippen LogP contribution in [0, 0.1) is 5.82 Å². The third-order valence-corrected chi connectivity index (χ3v) is 6.19. The van der Waals surface area contributed by atoms with Crippen molar-refractivity contribution in [3.63, 3.8) is 0 Å². The fourth-order valence-corrected chi connectivity index (χ4v) is 4.46. The highest BCUT2D eigenvalue weighted by atomic mass is 19.1. The molecule has 0 saturated carbocycles. The number of ether oxygens (including phenoxy) is 1. The van der Waals surface area contributed by atoms with Gasteiger partial charge in [-0.3, -0.25) is 4.79 Å². The highest BCUT2D eigenvalue weighted by Crippen LogP contribution is 2.33. The SMILES string of the molecule is COc1ccc(F)cc1C(=O)NCc1cccc(-c2nn([C@@H]3CCCNC3)c3ncnc(N)c23)c1. The summed E-state index contributed by atoms with van der Waals surface area (Å²) in [7, 11) is 1.44. The molecule has 35 heavy (non-hydrogen) atoms. The summed E-state index contributed by atoms with van der Waals surface area (Å²) in [6.45, 7) is 2.05. The first-order valence-corrected chi connectivity index (χ1v) is 11.5. The first-order chi connectivity index (χ1) is 17.0. The molecular formula is C25H26FN7O2. The highest BCUT2D eigenvalue weighted by Gasteiger charge is 2.23. The minimum atomic E-state index is -0.506. The number of hydrogen-bond acceptors (Lipinski definition) is 7. The lowest BCUT2D eigenvalue weighted by Crippen LogP contribution is -2.32. The number of methoxy groups -OCH3 is 1. The largest absolute Gasteiger partial charge is 0.496 e. The molecular weight excluding hydrogens is 449 g/mol. The van der Waals surface area contributed by atoms with Crippen molar-refractivity contribution in [1.82, 2.24) is 30.4 Å². The van der Waals surface area contributed by atoms with Gasteiger partial charge in [-0.25, -0.2) is 19.0 Å². The molecule has 2 aromatic carbocycles. The minimum Gasteiger partial charge on any atom is -0.496 e. The van der Waals surface area contributed by atoms with Crippen molar-refractivity contribution in [2.24, 2.45) is 0 Å². The van der Waals surface area contributed by atoms with Gasteiger partial charge in [0, 0.05) is 18.7 Å². The third kappa shape index (κ3) is 4.52. The quantitative estimate of drug-likeness (QED) is 0.392. The van der Waals surface area contributed by atoms with E-state index in [2.05, 4.69) is 20.6 Å². The summed E-state index contributed by atoms with van der Waals surface area (Å²) in [5, 5.41) is 11.9. The number of rotatable bonds is 6. The van der Waals surface area contributed by atoms with Gasteiger partial charge >= 0.3 is 0 Å². The van der Waals surface area contributed by atoms with Crippen LogP contribution in [-0.2, 0) is 6.54 Å². The standard InChI is InChI=1S/C25H26FN7O2/c1-35-20-8-7-17(26)11-19(20)25(34)29-12-15-4-2-5-16(10-15)22-21-23(27)30-14-31-24(21)33(32-22)18-6-3-9-28-13-18/h2,4-5,7-8,10-11,14,18,28H,3,6,9,12-13H2,1H3,(H,29,34)(H2,27,30,31)/t18-/m1/s1. The van der Waals surface area contributed by atoms with E-state index in [9.17, 15) is 9.18 Å². The number of nitrogens with one attached hydrogen (secondary N) is 2. The van der Waals surface area contributed by atoms with Crippen molar-refractivity contribution in [1.29, 1.82) is 0 Å². The van der Waals surface area contributed by atoms with Gasteiger partial charge in [0.25, 0.3) is 5.91 Å². The highest BCUT2D eigenvalue weighted by molar-refractivity contribution is 5.98. The van der Waals surface area contributed by atoms with Crippen LogP contribution >= 0.6 is 0 Å². The van der Waals surface area contributed by atoms with Gasteiger partial charge < -0.3 is 21.1 Å². The lowest BCUT2D eigenvalue weighted by atomic mass is 10.1. The maximum absolute atomic E-state index is 13.7. The van der Waals surface area contributed by atoms with Crippen molar-refractivity contribution in [2.45, 2.75) is 25.4 Å². The zero-order valence-electron chi connectivity index (χ0n) is 19.3. The Kier molecular flexibility index (Phi) is 6.28.